The van der Waals surface area contributed by atoms with Crippen LogP contribution in [0.25, 0.3) is 0 Å². The third-order valence-corrected chi connectivity index (χ3v) is 3.05. The SMILES string of the molecule is CCc1n[nH]c(=S)n1/N=C\c1ccc(C)c(OC)c1. The lowest BCUT2D eigenvalue weighted by atomic mass is 10.1. The van der Waals surface area contributed by atoms with Crippen molar-refractivity contribution in [3.8, 4) is 5.75 Å². The van der Waals surface area contributed by atoms with E-state index < -0.39 is 0 Å². The van der Waals surface area contributed by atoms with Gasteiger partial charge in [-0.15, -0.1) is 0 Å². The number of hydrogen-bond donors (Lipinski definition) is 1. The summed E-state index contributed by atoms with van der Waals surface area (Å²) in [6, 6.07) is 5.92. The second kappa shape index (κ2) is 5.79. The highest BCUT2D eigenvalue weighted by Crippen LogP contribution is 2.17. The lowest BCUT2D eigenvalue weighted by Gasteiger charge is -2.04. The summed E-state index contributed by atoms with van der Waals surface area (Å²) in [7, 11) is 1.66. The van der Waals surface area contributed by atoms with E-state index in [9.17, 15) is 0 Å². The van der Waals surface area contributed by atoms with Crippen LogP contribution in [0.1, 0.15) is 23.9 Å². The van der Waals surface area contributed by atoms with Gasteiger partial charge in [-0.25, -0.2) is 0 Å². The molecule has 0 unspecified atom stereocenters. The minimum Gasteiger partial charge on any atom is -0.496 e. The second-order valence-corrected chi connectivity index (χ2v) is 4.47. The van der Waals surface area contributed by atoms with E-state index in [1.54, 1.807) is 18.0 Å². The van der Waals surface area contributed by atoms with Gasteiger partial charge in [0.1, 0.15) is 5.75 Å². The number of benzene rings is 1. The third-order valence-electron chi connectivity index (χ3n) is 2.79. The molecule has 0 amide bonds. The van der Waals surface area contributed by atoms with E-state index in [4.69, 9.17) is 17.0 Å². The second-order valence-electron chi connectivity index (χ2n) is 4.08. The fourth-order valence-electron chi connectivity index (χ4n) is 1.71. The van der Waals surface area contributed by atoms with Crippen molar-refractivity contribution in [1.82, 2.24) is 14.9 Å². The van der Waals surface area contributed by atoms with Crippen molar-refractivity contribution in [2.75, 3.05) is 7.11 Å². The molecule has 0 fully saturated rings. The zero-order valence-electron chi connectivity index (χ0n) is 11.2. The van der Waals surface area contributed by atoms with E-state index in [0.717, 1.165) is 29.1 Å². The summed E-state index contributed by atoms with van der Waals surface area (Å²) >= 11 is 5.13. The highest BCUT2D eigenvalue weighted by Gasteiger charge is 2.02. The average molecular weight is 276 g/mol. The van der Waals surface area contributed by atoms with Gasteiger partial charge in [0.25, 0.3) is 0 Å². The van der Waals surface area contributed by atoms with Crippen LogP contribution in [-0.4, -0.2) is 28.2 Å². The molecule has 1 aromatic carbocycles. The number of methoxy groups -OCH3 is 1. The lowest BCUT2D eigenvalue weighted by molar-refractivity contribution is 0.411. The molecule has 1 heterocycles. The molecule has 0 radical (unpaired) electrons. The van der Waals surface area contributed by atoms with Gasteiger partial charge in [-0.2, -0.15) is 14.9 Å². The van der Waals surface area contributed by atoms with Crippen LogP contribution in [0.5, 0.6) is 5.75 Å². The van der Waals surface area contributed by atoms with Crippen molar-refractivity contribution in [3.63, 3.8) is 0 Å². The Bertz CT molecular complexity index is 657. The molecule has 0 spiro atoms. The molecule has 2 rings (SSSR count). The van der Waals surface area contributed by atoms with Gasteiger partial charge >= 0.3 is 0 Å². The maximum absolute atomic E-state index is 5.28. The fourth-order valence-corrected chi connectivity index (χ4v) is 1.91. The molecule has 0 aliphatic rings. The summed E-state index contributed by atoms with van der Waals surface area (Å²) in [5, 5.41) is 11.2. The summed E-state index contributed by atoms with van der Waals surface area (Å²) in [4.78, 5) is 0. The first-order valence-electron chi connectivity index (χ1n) is 6.01. The quantitative estimate of drug-likeness (QED) is 0.690. The Hall–Kier alpha value is -1.95. The molecule has 6 heteroatoms. The van der Waals surface area contributed by atoms with E-state index >= 15 is 0 Å². The van der Waals surface area contributed by atoms with E-state index in [1.165, 1.54) is 0 Å². The zero-order chi connectivity index (χ0) is 13.8. The van der Waals surface area contributed by atoms with Crippen molar-refractivity contribution in [1.29, 1.82) is 0 Å². The molecular weight excluding hydrogens is 260 g/mol. The minimum atomic E-state index is 0.493. The van der Waals surface area contributed by atoms with Crippen LogP contribution in [0.3, 0.4) is 0 Å². The molecule has 0 bridgehead atoms. The minimum absolute atomic E-state index is 0.493. The Balaban J connectivity index is 2.32. The first-order chi connectivity index (χ1) is 9.15. The molecule has 0 aliphatic carbocycles. The van der Waals surface area contributed by atoms with Gasteiger partial charge in [0.05, 0.1) is 13.3 Å². The third kappa shape index (κ3) is 2.90. The summed E-state index contributed by atoms with van der Waals surface area (Å²) < 4.78 is 7.40. The van der Waals surface area contributed by atoms with E-state index in [2.05, 4.69) is 15.3 Å². The van der Waals surface area contributed by atoms with Gasteiger partial charge in [0, 0.05) is 6.42 Å². The van der Waals surface area contributed by atoms with Crippen molar-refractivity contribution < 1.29 is 4.74 Å². The Kier molecular flexibility index (Phi) is 4.11. The van der Waals surface area contributed by atoms with Crippen LogP contribution >= 0.6 is 12.2 Å². The van der Waals surface area contributed by atoms with Crippen LogP contribution < -0.4 is 4.74 Å². The molecule has 2 aromatic rings. The molecule has 1 aromatic heterocycles. The number of ether oxygens (including phenoxy) is 1. The van der Waals surface area contributed by atoms with Gasteiger partial charge in [-0.1, -0.05) is 19.1 Å². The molecule has 5 nitrogen and oxygen atoms in total. The van der Waals surface area contributed by atoms with Crippen LogP contribution in [0.15, 0.2) is 23.3 Å². The summed E-state index contributed by atoms with van der Waals surface area (Å²) in [5.41, 5.74) is 2.04. The molecule has 0 atom stereocenters. The lowest BCUT2D eigenvalue weighted by Crippen LogP contribution is -1.97. The maximum atomic E-state index is 5.28. The largest absolute Gasteiger partial charge is 0.496 e. The van der Waals surface area contributed by atoms with Crippen LogP contribution in [-0.2, 0) is 6.42 Å². The Labute approximate surface area is 116 Å². The van der Waals surface area contributed by atoms with Gasteiger partial charge in [-0.05, 0) is 36.3 Å². The summed E-state index contributed by atoms with van der Waals surface area (Å²) in [5.74, 6) is 1.65. The van der Waals surface area contributed by atoms with E-state index in [-0.39, 0.29) is 0 Å². The van der Waals surface area contributed by atoms with Gasteiger partial charge in [0.15, 0.2) is 5.82 Å². The van der Waals surface area contributed by atoms with E-state index in [0.29, 0.717) is 4.77 Å². The average Bonchev–Trinajstić information content (AvgIpc) is 2.78. The van der Waals surface area contributed by atoms with E-state index in [1.807, 2.05) is 32.0 Å². The summed E-state index contributed by atoms with van der Waals surface area (Å²) in [6.07, 6.45) is 2.51. The number of H-pyrrole nitrogens is 1. The predicted molar refractivity (Wildman–Crippen MR) is 77.5 cm³/mol. The van der Waals surface area contributed by atoms with Crippen LogP contribution in [0, 0.1) is 11.7 Å². The number of rotatable bonds is 4. The maximum Gasteiger partial charge on any atom is 0.216 e. The Morgan fingerprint density at radius 1 is 1.53 bits per heavy atom. The molecule has 1 N–H and O–H groups in total. The van der Waals surface area contributed by atoms with Gasteiger partial charge < -0.3 is 4.74 Å². The van der Waals surface area contributed by atoms with Crippen molar-refractivity contribution >= 4 is 18.4 Å². The number of aryl methyl sites for hydroxylation is 2. The number of aromatic nitrogens is 3. The normalized spacial score (nSPS) is 11.1. The molecule has 19 heavy (non-hydrogen) atoms. The molecule has 100 valence electrons. The molecular formula is C13H16N4OS. The highest BCUT2D eigenvalue weighted by molar-refractivity contribution is 7.71. The van der Waals surface area contributed by atoms with Crippen LogP contribution in [0.4, 0.5) is 0 Å². The topological polar surface area (TPSA) is 55.2 Å². The number of nitrogens with zero attached hydrogens (tertiary/aromatic N) is 3. The van der Waals surface area contributed by atoms with Gasteiger partial charge in [0.2, 0.25) is 4.77 Å². The first kappa shape index (κ1) is 13.5. The molecule has 0 saturated heterocycles. The number of nitrogens with one attached hydrogen (secondary N) is 1. The monoisotopic (exact) mass is 276 g/mol. The Morgan fingerprint density at radius 3 is 3.00 bits per heavy atom. The standard InChI is InChI=1S/C13H16N4OS/c1-4-12-15-16-13(19)17(12)14-8-10-6-5-9(2)11(7-10)18-3/h5-8H,4H2,1-3H3,(H,16,19)/b14-8-. The zero-order valence-corrected chi connectivity index (χ0v) is 12.0. The van der Waals surface area contributed by atoms with Crippen molar-refractivity contribution in [2.45, 2.75) is 20.3 Å². The smallest absolute Gasteiger partial charge is 0.216 e. The van der Waals surface area contributed by atoms with Crippen molar-refractivity contribution in [3.05, 3.63) is 39.9 Å². The Morgan fingerprint density at radius 2 is 2.32 bits per heavy atom. The molecule has 0 saturated carbocycles. The molecule has 0 aliphatic heterocycles. The predicted octanol–water partition coefficient (Wildman–Crippen LogP) is 2.70. The number of hydrogen-bond acceptors (Lipinski definition) is 4. The summed E-state index contributed by atoms with van der Waals surface area (Å²) in [6.45, 7) is 4.01. The van der Waals surface area contributed by atoms with Gasteiger partial charge in [-0.3, -0.25) is 5.10 Å². The van der Waals surface area contributed by atoms with Crippen molar-refractivity contribution in [2.24, 2.45) is 5.10 Å². The fraction of sp³-hybridized carbons (Fsp3) is 0.308. The first-order valence-corrected chi connectivity index (χ1v) is 6.41. The number of aromatic amines is 1. The highest BCUT2D eigenvalue weighted by atomic mass is 32.1. The van der Waals surface area contributed by atoms with Crippen LogP contribution in [0.2, 0.25) is 0 Å².